The summed E-state index contributed by atoms with van der Waals surface area (Å²) in [6.45, 7) is 3.91. The van der Waals surface area contributed by atoms with Crippen LogP contribution in [0.2, 0.25) is 0 Å². The third-order valence-electron chi connectivity index (χ3n) is 20.6. The number of unbranched alkanes of at least 4 members (excludes halogenated alkanes) is 4. The average molecular weight is 1530 g/mol. The van der Waals surface area contributed by atoms with Gasteiger partial charge in [-0.05, 0) is 19.3 Å². The van der Waals surface area contributed by atoms with E-state index in [2.05, 4.69) is 6.58 Å². The number of allylic oxidation sites excluding steroid dienone is 1. The highest BCUT2D eigenvalue weighted by molar-refractivity contribution is 5.04. The van der Waals surface area contributed by atoms with Crippen molar-refractivity contribution < 1.29 is 166 Å². The third kappa shape index (κ3) is 20.8. The molecule has 21 rings (SSSR count). The van der Waals surface area contributed by atoms with Crippen molar-refractivity contribution in [2.45, 2.75) is 247 Å². The Morgan fingerprint density at radius 2 is 0.381 bits per heavy atom. The highest BCUT2D eigenvalue weighted by Crippen LogP contribution is 2.43. The van der Waals surface area contributed by atoms with Crippen LogP contribution in [0.3, 0.4) is 0 Å². The number of hydrogen-bond acceptors (Lipinski definition) is 35. The van der Waals surface area contributed by atoms with Gasteiger partial charge in [0.1, 0.15) is 171 Å². The predicted octanol–water partition coefficient (Wildman–Crippen LogP) is 1.01. The van der Waals surface area contributed by atoms with Crippen molar-refractivity contribution >= 4 is 0 Å². The van der Waals surface area contributed by atoms with E-state index in [1.54, 1.807) is 7.11 Å². The van der Waals surface area contributed by atoms with Gasteiger partial charge in [0.15, 0.2) is 44.0 Å². The molecule has 0 saturated carbocycles. The van der Waals surface area contributed by atoms with Crippen LogP contribution in [0, 0.1) is 0 Å². The van der Waals surface area contributed by atoms with Crippen LogP contribution in [-0.4, -0.2) is 410 Å². The quantitative estimate of drug-likeness (QED) is 0.0631. The van der Waals surface area contributed by atoms with Gasteiger partial charge in [-0.1, -0.05) is 18.9 Å². The summed E-state index contributed by atoms with van der Waals surface area (Å²) in [4.78, 5) is 0. The van der Waals surface area contributed by atoms with Gasteiger partial charge in [0.05, 0.1) is 46.2 Å². The van der Waals surface area contributed by atoms with Crippen molar-refractivity contribution in [3.63, 3.8) is 0 Å². The van der Waals surface area contributed by atoms with Gasteiger partial charge in [-0.3, -0.25) is 0 Å². The molecule has 35 unspecified atom stereocenters. The Kier molecular flexibility index (Phi) is 38.3. The van der Waals surface area contributed by atoms with Gasteiger partial charge in [-0.25, -0.2) is 0 Å². The molecular weight excluding hydrogens is 1400 g/mol. The largest absolute Gasteiger partial charge is 0.382 e. The molecule has 35 nitrogen and oxygen atoms in total. The van der Waals surface area contributed by atoms with Crippen LogP contribution in [0.25, 0.3) is 0 Å². The predicted molar refractivity (Wildman–Crippen MR) is 361 cm³/mol. The molecule has 0 aromatic carbocycles. The van der Waals surface area contributed by atoms with Crippen LogP contribution in [-0.2, 0) is 166 Å². The van der Waals surface area contributed by atoms with Gasteiger partial charge in [0.2, 0.25) is 0 Å². The van der Waals surface area contributed by atoms with E-state index in [0.717, 1.165) is 25.7 Å². The third-order valence-corrected chi connectivity index (χ3v) is 20.6. The average Bonchev–Trinajstić information content (AvgIpc) is 0.777. The summed E-state index contributed by atoms with van der Waals surface area (Å²) < 4.78 is 229. The van der Waals surface area contributed by atoms with Gasteiger partial charge in [0.25, 0.3) is 0 Å². The minimum atomic E-state index is -1.23. The molecule has 21 aliphatic heterocycles. The van der Waals surface area contributed by atoms with Crippen LogP contribution in [0.4, 0.5) is 0 Å². The summed E-state index contributed by atoms with van der Waals surface area (Å²) in [5.74, 6) is 0. The maximum Gasteiger partial charge on any atom is 0.187 e. The van der Waals surface area contributed by atoms with Crippen molar-refractivity contribution in [1.29, 1.82) is 0 Å². The van der Waals surface area contributed by atoms with E-state index in [1.165, 1.54) is 135 Å². The minimum absolute atomic E-state index is 0.0366. The molecule has 0 aromatic heterocycles. The standard InChI is InChI=1S/C70H124O35/c1-22-23-24-25-26-27-28-91-56-49-42(35-77-8)98-70(63(56)90-21)104-48-41(34-76-7)96-68(61(88-19)55(48)83-14)102-46-39(32-74-5)94-66(59(86-17)53(46)81-12)100-44-37(30-72-3)92-64(57(84-15)51(44)79-10)99-43-36(29-71-2)93-65(58(85-16)50(43)78-9)101-45-38(31-73-4)95-67(60(87-18)52(45)80-11)103-47-40(33-75-6)97-69(105-49)62(89-20)54(47)82-13/h22,36-70H,1,23-35H2,2-21H3. The number of ether oxygens (including phenoxy) is 35. The topological polar surface area (TPSA) is 323 Å². The Balaban J connectivity index is 1.25. The Bertz CT molecular complexity index is 2350. The van der Waals surface area contributed by atoms with Crippen LogP contribution in [0.15, 0.2) is 12.7 Å². The first-order valence-electron chi connectivity index (χ1n) is 35.9. The first-order valence-corrected chi connectivity index (χ1v) is 35.9. The number of rotatable bonds is 35. The first kappa shape index (κ1) is 88.9. The van der Waals surface area contributed by atoms with E-state index in [9.17, 15) is 0 Å². The van der Waals surface area contributed by atoms with Crippen LogP contribution in [0.1, 0.15) is 32.1 Å². The molecule has 35 heteroatoms. The summed E-state index contributed by atoms with van der Waals surface area (Å²) in [6.07, 6.45) is -29.9. The fraction of sp³-hybridized carbons (Fsp3) is 0.971. The number of methoxy groups -OCH3 is 20. The molecule has 0 aromatic rings. The molecule has 21 saturated heterocycles. The van der Waals surface area contributed by atoms with E-state index < -0.39 is 215 Å². The minimum Gasteiger partial charge on any atom is -0.382 e. The van der Waals surface area contributed by atoms with Gasteiger partial charge in [0, 0.05) is 149 Å². The van der Waals surface area contributed by atoms with Gasteiger partial charge >= 0.3 is 0 Å². The lowest BCUT2D eigenvalue weighted by Crippen LogP contribution is -2.69. The van der Waals surface area contributed by atoms with E-state index in [0.29, 0.717) is 6.42 Å². The summed E-state index contributed by atoms with van der Waals surface area (Å²) in [6, 6.07) is 0. The van der Waals surface area contributed by atoms with Crippen molar-refractivity contribution in [2.75, 3.05) is 195 Å². The maximum atomic E-state index is 7.24. The molecule has 14 bridgehead atoms. The zero-order chi connectivity index (χ0) is 75.9. The molecule has 21 fully saturated rings. The van der Waals surface area contributed by atoms with Crippen LogP contribution in [0.5, 0.6) is 0 Å². The zero-order valence-corrected chi connectivity index (χ0v) is 65.0. The molecule has 105 heavy (non-hydrogen) atoms. The van der Waals surface area contributed by atoms with E-state index >= 15 is 0 Å². The lowest BCUT2D eigenvalue weighted by molar-refractivity contribution is -0.403. The van der Waals surface area contributed by atoms with E-state index in [-0.39, 0.29) is 52.9 Å². The van der Waals surface area contributed by atoms with Gasteiger partial charge in [-0.2, -0.15) is 0 Å². The maximum absolute atomic E-state index is 7.24. The Labute approximate surface area is 618 Å². The Morgan fingerprint density at radius 3 is 0.552 bits per heavy atom. The second-order valence-electron chi connectivity index (χ2n) is 26.6. The second kappa shape index (κ2) is 45.3. The molecule has 21 heterocycles. The zero-order valence-electron chi connectivity index (χ0n) is 65.0. The fourth-order valence-electron chi connectivity index (χ4n) is 15.7. The monoisotopic (exact) mass is 1520 g/mol. The molecule has 614 valence electrons. The highest BCUT2D eigenvalue weighted by Gasteiger charge is 2.62. The van der Waals surface area contributed by atoms with Gasteiger partial charge < -0.3 is 166 Å². The molecule has 21 aliphatic rings. The van der Waals surface area contributed by atoms with Crippen molar-refractivity contribution in [1.82, 2.24) is 0 Å². The Hall–Kier alpha value is -1.66. The van der Waals surface area contributed by atoms with Crippen LogP contribution >= 0.6 is 0 Å². The fourth-order valence-corrected chi connectivity index (χ4v) is 15.7. The molecule has 0 N–H and O–H groups in total. The number of hydrogen-bond donors (Lipinski definition) is 0. The lowest BCUT2D eigenvalue weighted by Gasteiger charge is -2.52. The van der Waals surface area contributed by atoms with Crippen molar-refractivity contribution in [2.24, 2.45) is 0 Å². The molecule has 35 atom stereocenters. The van der Waals surface area contributed by atoms with Crippen molar-refractivity contribution in [3.8, 4) is 0 Å². The van der Waals surface area contributed by atoms with Crippen LogP contribution < -0.4 is 0 Å². The van der Waals surface area contributed by atoms with Crippen molar-refractivity contribution in [3.05, 3.63) is 12.7 Å². The smallest absolute Gasteiger partial charge is 0.187 e. The first-order chi connectivity index (χ1) is 51.2. The van der Waals surface area contributed by atoms with E-state index in [1.807, 2.05) is 6.08 Å². The Morgan fingerprint density at radius 1 is 0.210 bits per heavy atom. The summed E-state index contributed by atoms with van der Waals surface area (Å²) in [5, 5.41) is 0. The molecule has 0 spiro atoms. The summed E-state index contributed by atoms with van der Waals surface area (Å²) in [7, 11) is 30.4. The normalized spacial score (nSPS) is 43.8. The molecule has 0 radical (unpaired) electrons. The van der Waals surface area contributed by atoms with Gasteiger partial charge in [-0.15, -0.1) is 6.58 Å². The lowest BCUT2D eigenvalue weighted by atomic mass is 9.94. The summed E-state index contributed by atoms with van der Waals surface area (Å²) >= 11 is 0. The van der Waals surface area contributed by atoms with E-state index in [4.69, 9.17) is 166 Å². The molecule has 0 aliphatic carbocycles. The highest BCUT2D eigenvalue weighted by atomic mass is 16.8. The second-order valence-corrected chi connectivity index (χ2v) is 26.6. The summed E-state index contributed by atoms with van der Waals surface area (Å²) in [5.41, 5.74) is 0. The molecule has 0 amide bonds. The molecular formula is C70H124O35. The SMILES string of the molecule is C=CCCCCCCOC1C2OC3OC(COC)C(OC4OC(COC)C(OC5OC(COC)C(OC6OC(COC)C(OC7OC(COC)C(OC8OC(COC)C(OC(OC2COC)C1OC)C(OC)C8OC)C(OC)C7OC)C(OC)C6OC)C(OC)C5OC)C(OC)C4OC)C(OC)C3OC.